The van der Waals surface area contributed by atoms with Crippen molar-refractivity contribution >= 4 is 29.0 Å². The summed E-state index contributed by atoms with van der Waals surface area (Å²) in [5, 5.41) is 0.718. The van der Waals surface area contributed by atoms with Crippen LogP contribution in [0.4, 0.5) is 11.4 Å². The number of primary amides is 1. The molecule has 4 nitrogen and oxygen atoms in total. The van der Waals surface area contributed by atoms with E-state index in [0.717, 1.165) is 36.9 Å². The molecule has 2 rings (SSSR count). The first-order valence-corrected chi connectivity index (χ1v) is 7.87. The number of hydrogen-bond acceptors (Lipinski definition) is 4. The average Bonchev–Trinajstić information content (AvgIpc) is 2.63. The van der Waals surface area contributed by atoms with Crippen molar-refractivity contribution in [2.24, 2.45) is 5.73 Å². The van der Waals surface area contributed by atoms with Gasteiger partial charge in [-0.2, -0.15) is 11.8 Å². The van der Waals surface area contributed by atoms with Crippen molar-refractivity contribution in [3.63, 3.8) is 0 Å². The van der Waals surface area contributed by atoms with Crippen LogP contribution in [0.15, 0.2) is 18.2 Å². The van der Waals surface area contributed by atoms with E-state index in [1.165, 1.54) is 6.42 Å². The second-order valence-corrected chi connectivity index (χ2v) is 6.05. The zero-order valence-corrected chi connectivity index (χ0v) is 12.1. The highest BCUT2D eigenvalue weighted by Gasteiger charge is 2.20. The first-order chi connectivity index (χ1) is 9.11. The Balaban J connectivity index is 2.23. The largest absolute Gasteiger partial charge is 0.399 e. The van der Waals surface area contributed by atoms with E-state index < -0.39 is 5.91 Å². The van der Waals surface area contributed by atoms with Gasteiger partial charge in [-0.15, -0.1) is 0 Å². The predicted molar refractivity (Wildman–Crippen MR) is 82.7 cm³/mol. The standard InChI is InChI=1S/C14H21N3OS/c1-19-11-3-2-7-17(8-6-11)13-5-4-10(15)9-12(13)14(16)18/h4-5,9,11H,2-3,6-8,15H2,1H3,(H2,16,18). The Bertz CT molecular complexity index is 464. The molecule has 0 bridgehead atoms. The minimum atomic E-state index is -0.409. The first-order valence-electron chi connectivity index (χ1n) is 6.59. The molecule has 1 atom stereocenters. The van der Waals surface area contributed by atoms with Crippen LogP contribution in [0, 0.1) is 0 Å². The lowest BCUT2D eigenvalue weighted by atomic mass is 10.1. The van der Waals surface area contributed by atoms with Crippen LogP contribution in [0.2, 0.25) is 0 Å². The van der Waals surface area contributed by atoms with E-state index in [4.69, 9.17) is 11.5 Å². The minimum absolute atomic E-state index is 0.409. The number of hydrogen-bond donors (Lipinski definition) is 2. The summed E-state index contributed by atoms with van der Waals surface area (Å²) in [4.78, 5) is 13.8. The molecule has 1 heterocycles. The van der Waals surface area contributed by atoms with Crippen LogP contribution in [0.25, 0.3) is 0 Å². The first kappa shape index (κ1) is 14.1. The number of carbonyl (C=O) groups is 1. The molecule has 104 valence electrons. The molecular formula is C14H21N3OS. The molecule has 0 spiro atoms. The topological polar surface area (TPSA) is 72.3 Å². The summed E-state index contributed by atoms with van der Waals surface area (Å²) >= 11 is 1.93. The summed E-state index contributed by atoms with van der Waals surface area (Å²) in [7, 11) is 0. The second kappa shape index (κ2) is 6.19. The molecule has 1 aliphatic heterocycles. The molecule has 1 amide bonds. The Kier molecular flexibility index (Phi) is 4.58. The average molecular weight is 279 g/mol. The lowest BCUT2D eigenvalue weighted by Gasteiger charge is -2.25. The lowest BCUT2D eigenvalue weighted by molar-refractivity contribution is 0.100. The van der Waals surface area contributed by atoms with E-state index in [-0.39, 0.29) is 0 Å². The molecular weight excluding hydrogens is 258 g/mol. The third-order valence-electron chi connectivity index (χ3n) is 3.64. The smallest absolute Gasteiger partial charge is 0.250 e. The van der Waals surface area contributed by atoms with Crippen molar-refractivity contribution in [1.29, 1.82) is 0 Å². The monoisotopic (exact) mass is 279 g/mol. The van der Waals surface area contributed by atoms with Gasteiger partial charge in [-0.3, -0.25) is 4.79 Å². The normalized spacial score (nSPS) is 20.1. The number of rotatable bonds is 3. The van der Waals surface area contributed by atoms with Gasteiger partial charge in [0.25, 0.3) is 5.91 Å². The van der Waals surface area contributed by atoms with Crippen molar-refractivity contribution in [3.8, 4) is 0 Å². The summed E-state index contributed by atoms with van der Waals surface area (Å²) < 4.78 is 0. The van der Waals surface area contributed by atoms with Crippen molar-refractivity contribution in [2.45, 2.75) is 24.5 Å². The number of thioether (sulfide) groups is 1. The van der Waals surface area contributed by atoms with Crippen LogP contribution in [-0.2, 0) is 0 Å². The highest BCUT2D eigenvalue weighted by Crippen LogP contribution is 2.28. The highest BCUT2D eigenvalue weighted by molar-refractivity contribution is 7.99. The number of nitrogens with zero attached hydrogens (tertiary/aromatic N) is 1. The molecule has 1 fully saturated rings. The lowest BCUT2D eigenvalue weighted by Crippen LogP contribution is -2.27. The van der Waals surface area contributed by atoms with Crippen LogP contribution in [0.5, 0.6) is 0 Å². The predicted octanol–water partition coefficient (Wildman–Crippen LogP) is 2.09. The Morgan fingerprint density at radius 2 is 2.16 bits per heavy atom. The fourth-order valence-corrected chi connectivity index (χ4v) is 3.31. The summed E-state index contributed by atoms with van der Waals surface area (Å²) in [6.45, 7) is 1.94. The Morgan fingerprint density at radius 3 is 2.84 bits per heavy atom. The van der Waals surface area contributed by atoms with E-state index in [1.54, 1.807) is 6.07 Å². The quantitative estimate of drug-likeness (QED) is 0.831. The van der Waals surface area contributed by atoms with E-state index in [0.29, 0.717) is 11.3 Å². The third-order valence-corrected chi connectivity index (χ3v) is 4.77. The number of carbonyl (C=O) groups excluding carboxylic acids is 1. The number of anilines is 2. The maximum atomic E-state index is 11.6. The van der Waals surface area contributed by atoms with Gasteiger partial charge < -0.3 is 16.4 Å². The minimum Gasteiger partial charge on any atom is -0.399 e. The maximum absolute atomic E-state index is 11.6. The van der Waals surface area contributed by atoms with Crippen molar-refractivity contribution in [1.82, 2.24) is 0 Å². The SMILES string of the molecule is CSC1CCCN(c2ccc(N)cc2C(N)=O)CC1. The van der Waals surface area contributed by atoms with Gasteiger partial charge in [0.2, 0.25) is 0 Å². The molecule has 0 saturated carbocycles. The number of amides is 1. The molecule has 1 saturated heterocycles. The molecule has 1 unspecified atom stereocenters. The van der Waals surface area contributed by atoms with E-state index >= 15 is 0 Å². The van der Waals surface area contributed by atoms with Gasteiger partial charge in [-0.05, 0) is 43.7 Å². The molecule has 19 heavy (non-hydrogen) atoms. The van der Waals surface area contributed by atoms with Crippen molar-refractivity contribution in [2.75, 3.05) is 30.0 Å². The molecule has 1 aromatic rings. The van der Waals surface area contributed by atoms with Crippen LogP contribution in [0.1, 0.15) is 29.6 Å². The van der Waals surface area contributed by atoms with Gasteiger partial charge in [-0.1, -0.05) is 0 Å². The fraction of sp³-hybridized carbons (Fsp3) is 0.500. The number of nitrogens with two attached hydrogens (primary N) is 2. The summed E-state index contributed by atoms with van der Waals surface area (Å²) in [6, 6.07) is 5.42. The van der Waals surface area contributed by atoms with Crippen molar-refractivity contribution in [3.05, 3.63) is 23.8 Å². The van der Waals surface area contributed by atoms with Gasteiger partial charge >= 0.3 is 0 Å². The molecule has 1 aromatic carbocycles. The molecule has 1 aliphatic rings. The highest BCUT2D eigenvalue weighted by atomic mass is 32.2. The summed E-state index contributed by atoms with van der Waals surface area (Å²) in [6.07, 6.45) is 5.69. The van der Waals surface area contributed by atoms with Gasteiger partial charge in [0, 0.05) is 29.7 Å². The van der Waals surface area contributed by atoms with Crippen molar-refractivity contribution < 1.29 is 4.79 Å². The van der Waals surface area contributed by atoms with Gasteiger partial charge in [0.1, 0.15) is 0 Å². The molecule has 0 radical (unpaired) electrons. The molecule has 4 N–H and O–H groups in total. The van der Waals surface area contributed by atoms with E-state index in [2.05, 4.69) is 11.2 Å². The Hall–Kier alpha value is -1.36. The number of nitrogen functional groups attached to an aromatic ring is 1. The summed E-state index contributed by atoms with van der Waals surface area (Å²) in [5.41, 5.74) is 13.2. The summed E-state index contributed by atoms with van der Waals surface area (Å²) in [5.74, 6) is -0.409. The van der Waals surface area contributed by atoms with Gasteiger partial charge in [-0.25, -0.2) is 0 Å². The fourth-order valence-electron chi connectivity index (χ4n) is 2.57. The van der Waals surface area contributed by atoms with E-state index in [1.807, 2.05) is 23.9 Å². The maximum Gasteiger partial charge on any atom is 0.250 e. The Labute approximate surface area is 118 Å². The van der Waals surface area contributed by atoms with Gasteiger partial charge in [0.05, 0.1) is 5.56 Å². The number of benzene rings is 1. The van der Waals surface area contributed by atoms with Crippen LogP contribution < -0.4 is 16.4 Å². The second-order valence-electron chi connectivity index (χ2n) is 4.92. The Morgan fingerprint density at radius 1 is 1.37 bits per heavy atom. The molecule has 5 heteroatoms. The zero-order chi connectivity index (χ0) is 13.8. The van der Waals surface area contributed by atoms with Crippen LogP contribution in [-0.4, -0.2) is 30.5 Å². The van der Waals surface area contributed by atoms with Crippen LogP contribution >= 0.6 is 11.8 Å². The van der Waals surface area contributed by atoms with E-state index in [9.17, 15) is 4.79 Å². The molecule has 0 aromatic heterocycles. The zero-order valence-electron chi connectivity index (χ0n) is 11.3. The van der Waals surface area contributed by atoms with Crippen LogP contribution in [0.3, 0.4) is 0 Å². The third kappa shape index (κ3) is 3.35. The van der Waals surface area contributed by atoms with Gasteiger partial charge in [0.15, 0.2) is 0 Å². The molecule has 0 aliphatic carbocycles.